The molecule has 17 heavy (non-hydrogen) atoms. The van der Waals surface area contributed by atoms with Crippen molar-refractivity contribution in [3.63, 3.8) is 0 Å². The van der Waals surface area contributed by atoms with E-state index in [2.05, 4.69) is 27.8 Å². The minimum Gasteiger partial charge on any atom is -0.381 e. The summed E-state index contributed by atoms with van der Waals surface area (Å²) in [5.74, 6) is 0. The van der Waals surface area contributed by atoms with Crippen LogP contribution in [-0.2, 0) is 9.47 Å². The van der Waals surface area contributed by atoms with Crippen molar-refractivity contribution in [2.45, 2.75) is 32.3 Å². The van der Waals surface area contributed by atoms with Crippen LogP contribution in [0.4, 0.5) is 0 Å². The molecule has 2 heterocycles. The summed E-state index contributed by atoms with van der Waals surface area (Å²) >= 11 is 3.72. The van der Waals surface area contributed by atoms with Crippen LogP contribution in [0.5, 0.6) is 0 Å². The maximum atomic E-state index is 5.71. The van der Waals surface area contributed by atoms with Gasteiger partial charge in [-0.3, -0.25) is 0 Å². The Kier molecular flexibility index (Phi) is 5.27. The predicted octanol–water partition coefficient (Wildman–Crippen LogP) is 2.29. The number of alkyl halides is 1. The van der Waals surface area contributed by atoms with Gasteiger partial charge in [-0.15, -0.1) is 0 Å². The molecule has 2 fully saturated rings. The zero-order valence-electron chi connectivity index (χ0n) is 10.8. The van der Waals surface area contributed by atoms with Gasteiger partial charge in [-0.05, 0) is 31.6 Å². The first-order valence-corrected chi connectivity index (χ1v) is 7.84. The zero-order valence-corrected chi connectivity index (χ0v) is 12.4. The van der Waals surface area contributed by atoms with E-state index in [-0.39, 0.29) is 0 Å². The summed E-state index contributed by atoms with van der Waals surface area (Å²) in [4.78, 5) is 2.59. The van der Waals surface area contributed by atoms with E-state index in [1.807, 2.05) is 0 Å². The molecule has 0 bridgehead atoms. The van der Waals surface area contributed by atoms with E-state index in [0.29, 0.717) is 11.5 Å². The summed E-state index contributed by atoms with van der Waals surface area (Å²) < 4.78 is 11.2. The highest BCUT2D eigenvalue weighted by Crippen LogP contribution is 2.33. The summed E-state index contributed by atoms with van der Waals surface area (Å²) in [6.07, 6.45) is 3.91. The lowest BCUT2D eigenvalue weighted by Crippen LogP contribution is -2.44. The molecule has 100 valence electrons. The fourth-order valence-electron chi connectivity index (χ4n) is 2.84. The van der Waals surface area contributed by atoms with Crippen molar-refractivity contribution in [2.24, 2.45) is 5.41 Å². The summed E-state index contributed by atoms with van der Waals surface area (Å²) in [5, 5.41) is 1.09. The van der Waals surface area contributed by atoms with Gasteiger partial charge in [0.1, 0.15) is 0 Å². The Morgan fingerprint density at radius 2 is 2.06 bits per heavy atom. The van der Waals surface area contributed by atoms with Crippen LogP contribution in [0.1, 0.15) is 26.2 Å². The van der Waals surface area contributed by atoms with Crippen molar-refractivity contribution >= 4 is 15.9 Å². The molecule has 0 radical (unpaired) electrons. The minimum absolute atomic E-state index is 0.379. The Morgan fingerprint density at radius 3 is 2.76 bits per heavy atom. The first-order valence-electron chi connectivity index (χ1n) is 6.72. The van der Waals surface area contributed by atoms with Gasteiger partial charge in [-0.1, -0.05) is 15.9 Å². The Bertz CT molecular complexity index is 231. The van der Waals surface area contributed by atoms with Gasteiger partial charge in [0, 0.05) is 44.8 Å². The molecule has 0 aliphatic carbocycles. The van der Waals surface area contributed by atoms with Gasteiger partial charge >= 0.3 is 0 Å². The molecule has 0 N–H and O–H groups in total. The highest BCUT2D eigenvalue weighted by molar-refractivity contribution is 9.09. The number of rotatable bonds is 3. The number of halogens is 1. The van der Waals surface area contributed by atoms with E-state index in [4.69, 9.17) is 9.47 Å². The van der Waals surface area contributed by atoms with E-state index < -0.39 is 0 Å². The Hall–Kier alpha value is 0.360. The average molecular weight is 306 g/mol. The second kappa shape index (κ2) is 6.50. The molecule has 3 nitrogen and oxygen atoms in total. The molecule has 1 atom stereocenters. The first kappa shape index (κ1) is 13.8. The molecule has 0 amide bonds. The van der Waals surface area contributed by atoms with Crippen LogP contribution >= 0.6 is 15.9 Å². The quantitative estimate of drug-likeness (QED) is 0.747. The van der Waals surface area contributed by atoms with Crippen LogP contribution in [0.25, 0.3) is 0 Å². The smallest absolute Gasteiger partial charge is 0.0673 e. The fraction of sp³-hybridized carbons (Fsp3) is 1.00. The fourth-order valence-corrected chi connectivity index (χ4v) is 3.57. The van der Waals surface area contributed by atoms with Crippen molar-refractivity contribution < 1.29 is 9.47 Å². The first-order chi connectivity index (χ1) is 8.24. The number of ether oxygens (including phenoxy) is 2. The molecule has 0 saturated carbocycles. The van der Waals surface area contributed by atoms with Gasteiger partial charge in [0.05, 0.1) is 6.10 Å². The molecule has 0 aromatic heterocycles. The van der Waals surface area contributed by atoms with Crippen LogP contribution < -0.4 is 0 Å². The van der Waals surface area contributed by atoms with Crippen molar-refractivity contribution in [1.29, 1.82) is 0 Å². The Labute approximate surface area is 113 Å². The molecule has 0 spiro atoms. The van der Waals surface area contributed by atoms with Crippen LogP contribution in [0.2, 0.25) is 0 Å². The molecule has 0 aromatic rings. The van der Waals surface area contributed by atoms with E-state index in [9.17, 15) is 0 Å². The van der Waals surface area contributed by atoms with E-state index >= 15 is 0 Å². The second-order valence-electron chi connectivity index (χ2n) is 5.52. The minimum atomic E-state index is 0.379. The molecule has 2 saturated heterocycles. The van der Waals surface area contributed by atoms with Gasteiger partial charge in [0.2, 0.25) is 0 Å². The van der Waals surface area contributed by atoms with Crippen molar-refractivity contribution in [2.75, 3.05) is 44.8 Å². The third-order valence-corrected chi connectivity index (χ3v) is 5.12. The lowest BCUT2D eigenvalue weighted by atomic mass is 9.81. The third kappa shape index (κ3) is 3.91. The van der Waals surface area contributed by atoms with Crippen LogP contribution in [0, 0.1) is 5.41 Å². The van der Waals surface area contributed by atoms with E-state index in [1.165, 1.54) is 32.4 Å². The summed E-state index contributed by atoms with van der Waals surface area (Å²) in [7, 11) is 0. The molecule has 2 aliphatic heterocycles. The Balaban J connectivity index is 1.92. The largest absolute Gasteiger partial charge is 0.381 e. The van der Waals surface area contributed by atoms with Crippen molar-refractivity contribution in [3.8, 4) is 0 Å². The Morgan fingerprint density at radius 1 is 1.29 bits per heavy atom. The number of nitrogens with zero attached hydrogens (tertiary/aromatic N) is 1. The van der Waals surface area contributed by atoms with Crippen LogP contribution in [-0.4, -0.2) is 55.8 Å². The van der Waals surface area contributed by atoms with Gasteiger partial charge in [0.25, 0.3) is 0 Å². The van der Waals surface area contributed by atoms with Gasteiger partial charge < -0.3 is 14.4 Å². The predicted molar refractivity (Wildman–Crippen MR) is 72.8 cm³/mol. The molecular formula is C13H24BrNO2. The summed E-state index contributed by atoms with van der Waals surface area (Å²) in [6.45, 7) is 8.40. The monoisotopic (exact) mass is 305 g/mol. The van der Waals surface area contributed by atoms with E-state index in [1.54, 1.807) is 0 Å². The van der Waals surface area contributed by atoms with Gasteiger partial charge in [-0.2, -0.15) is 0 Å². The standard InChI is InChI=1S/C13H24BrNO2/c1-12-9-15(5-2-6-17-12)11-13(10-14)3-7-16-8-4-13/h12H,2-11H2,1H3. The lowest BCUT2D eigenvalue weighted by Gasteiger charge is -2.40. The second-order valence-corrected chi connectivity index (χ2v) is 6.08. The summed E-state index contributed by atoms with van der Waals surface area (Å²) in [6, 6.07) is 0. The molecule has 0 aromatic carbocycles. The maximum absolute atomic E-state index is 5.71. The van der Waals surface area contributed by atoms with E-state index in [0.717, 1.165) is 31.7 Å². The topological polar surface area (TPSA) is 21.7 Å². The normalized spacial score (nSPS) is 31.1. The molecule has 2 aliphatic rings. The zero-order chi connectivity index (χ0) is 12.1. The van der Waals surface area contributed by atoms with Crippen LogP contribution in [0.3, 0.4) is 0 Å². The number of hydrogen-bond donors (Lipinski definition) is 0. The maximum Gasteiger partial charge on any atom is 0.0673 e. The SMILES string of the molecule is CC1CN(CC2(CBr)CCOCC2)CCCO1. The molecule has 1 unspecified atom stereocenters. The van der Waals surface area contributed by atoms with Crippen molar-refractivity contribution in [3.05, 3.63) is 0 Å². The molecule has 2 rings (SSSR count). The van der Waals surface area contributed by atoms with Crippen molar-refractivity contribution in [1.82, 2.24) is 4.90 Å². The van der Waals surface area contributed by atoms with Gasteiger partial charge in [0.15, 0.2) is 0 Å². The highest BCUT2D eigenvalue weighted by Gasteiger charge is 2.34. The number of hydrogen-bond acceptors (Lipinski definition) is 3. The van der Waals surface area contributed by atoms with Crippen LogP contribution in [0.15, 0.2) is 0 Å². The molecule has 4 heteroatoms. The summed E-state index contributed by atoms with van der Waals surface area (Å²) in [5.41, 5.74) is 0.419. The average Bonchev–Trinajstić information content (AvgIpc) is 2.55. The van der Waals surface area contributed by atoms with Gasteiger partial charge in [-0.25, -0.2) is 0 Å². The highest BCUT2D eigenvalue weighted by atomic mass is 79.9. The molecular weight excluding hydrogens is 282 g/mol. The lowest BCUT2D eigenvalue weighted by molar-refractivity contribution is 0.00309. The third-order valence-electron chi connectivity index (χ3n) is 3.93.